The first kappa shape index (κ1) is 15.0. The lowest BCUT2D eigenvalue weighted by molar-refractivity contribution is -0.121. The zero-order valence-electron chi connectivity index (χ0n) is 11.9. The van der Waals surface area contributed by atoms with E-state index in [-0.39, 0.29) is 18.1 Å². The van der Waals surface area contributed by atoms with Crippen LogP contribution < -0.4 is 11.1 Å². The van der Waals surface area contributed by atoms with Crippen LogP contribution in [-0.4, -0.2) is 24.7 Å². The molecule has 0 unspecified atom stereocenters. The van der Waals surface area contributed by atoms with Crippen LogP contribution in [0.4, 0.5) is 5.69 Å². The first-order valence-electron chi connectivity index (χ1n) is 7.40. The number of amides is 1. The SMILES string of the molecule is NC1(COCC(=O)Nc2ccccc2)CCCCCC1. The second-order valence-corrected chi connectivity index (χ2v) is 5.68. The summed E-state index contributed by atoms with van der Waals surface area (Å²) >= 11 is 0. The van der Waals surface area contributed by atoms with E-state index in [1.807, 2.05) is 30.3 Å². The van der Waals surface area contributed by atoms with Crippen LogP contribution in [0.5, 0.6) is 0 Å². The highest BCUT2D eigenvalue weighted by molar-refractivity contribution is 5.91. The second kappa shape index (κ2) is 7.41. The van der Waals surface area contributed by atoms with Gasteiger partial charge in [-0.05, 0) is 25.0 Å². The Morgan fingerprint density at radius 1 is 1.15 bits per heavy atom. The maximum absolute atomic E-state index is 11.7. The Hall–Kier alpha value is -1.39. The number of rotatable bonds is 5. The molecule has 1 fully saturated rings. The Labute approximate surface area is 120 Å². The predicted molar refractivity (Wildman–Crippen MR) is 80.5 cm³/mol. The fraction of sp³-hybridized carbons (Fsp3) is 0.562. The number of ether oxygens (including phenoxy) is 1. The third kappa shape index (κ3) is 4.94. The Balaban J connectivity index is 1.71. The minimum absolute atomic E-state index is 0.0633. The van der Waals surface area contributed by atoms with Crippen molar-refractivity contribution < 1.29 is 9.53 Å². The molecule has 0 saturated heterocycles. The van der Waals surface area contributed by atoms with Gasteiger partial charge >= 0.3 is 0 Å². The van der Waals surface area contributed by atoms with Crippen molar-refractivity contribution in [2.75, 3.05) is 18.5 Å². The Bertz CT molecular complexity index is 412. The maximum Gasteiger partial charge on any atom is 0.250 e. The van der Waals surface area contributed by atoms with Gasteiger partial charge in [-0.15, -0.1) is 0 Å². The van der Waals surface area contributed by atoms with E-state index in [0.717, 1.165) is 31.4 Å². The predicted octanol–water partition coefficient (Wildman–Crippen LogP) is 2.69. The zero-order valence-corrected chi connectivity index (χ0v) is 11.9. The number of nitrogens with one attached hydrogen (secondary N) is 1. The smallest absolute Gasteiger partial charge is 0.250 e. The number of nitrogens with two attached hydrogens (primary N) is 1. The van der Waals surface area contributed by atoms with Gasteiger partial charge in [-0.1, -0.05) is 43.9 Å². The molecule has 4 heteroatoms. The second-order valence-electron chi connectivity index (χ2n) is 5.68. The van der Waals surface area contributed by atoms with Gasteiger partial charge in [0, 0.05) is 11.2 Å². The van der Waals surface area contributed by atoms with Gasteiger partial charge in [-0.3, -0.25) is 4.79 Å². The van der Waals surface area contributed by atoms with Gasteiger partial charge in [0.25, 0.3) is 0 Å². The number of anilines is 1. The summed E-state index contributed by atoms with van der Waals surface area (Å²) in [6.45, 7) is 0.531. The van der Waals surface area contributed by atoms with Crippen LogP contribution in [0, 0.1) is 0 Å². The molecule has 4 nitrogen and oxygen atoms in total. The summed E-state index contributed by atoms with van der Waals surface area (Å²) in [5.74, 6) is -0.131. The zero-order chi connectivity index (χ0) is 14.3. The van der Waals surface area contributed by atoms with E-state index in [1.165, 1.54) is 12.8 Å². The lowest BCUT2D eigenvalue weighted by Gasteiger charge is -2.27. The monoisotopic (exact) mass is 276 g/mol. The highest BCUT2D eigenvalue weighted by Gasteiger charge is 2.26. The van der Waals surface area contributed by atoms with E-state index in [4.69, 9.17) is 10.5 Å². The summed E-state index contributed by atoms with van der Waals surface area (Å²) in [5.41, 5.74) is 6.88. The fourth-order valence-electron chi connectivity index (χ4n) is 2.64. The summed E-state index contributed by atoms with van der Waals surface area (Å²) < 4.78 is 5.53. The molecule has 1 aromatic rings. The quantitative estimate of drug-likeness (QED) is 0.813. The van der Waals surface area contributed by atoms with E-state index >= 15 is 0 Å². The number of para-hydroxylation sites is 1. The Morgan fingerprint density at radius 3 is 2.45 bits per heavy atom. The summed E-state index contributed by atoms with van der Waals surface area (Å²) in [6.07, 6.45) is 6.83. The molecule has 0 heterocycles. The molecule has 1 amide bonds. The molecule has 0 spiro atoms. The minimum Gasteiger partial charge on any atom is -0.370 e. The van der Waals surface area contributed by atoms with Crippen LogP contribution >= 0.6 is 0 Å². The van der Waals surface area contributed by atoms with E-state index in [2.05, 4.69) is 5.32 Å². The van der Waals surface area contributed by atoms with Crippen LogP contribution in [0.15, 0.2) is 30.3 Å². The molecule has 20 heavy (non-hydrogen) atoms. The number of benzene rings is 1. The number of hydrogen-bond donors (Lipinski definition) is 2. The fourth-order valence-corrected chi connectivity index (χ4v) is 2.64. The van der Waals surface area contributed by atoms with Crippen molar-refractivity contribution >= 4 is 11.6 Å². The van der Waals surface area contributed by atoms with Crippen LogP contribution in [0.2, 0.25) is 0 Å². The molecule has 0 radical (unpaired) electrons. The van der Waals surface area contributed by atoms with Gasteiger partial charge in [0.05, 0.1) is 6.61 Å². The van der Waals surface area contributed by atoms with Crippen LogP contribution in [0.1, 0.15) is 38.5 Å². The van der Waals surface area contributed by atoms with Gasteiger partial charge in [-0.2, -0.15) is 0 Å². The average Bonchev–Trinajstić information content (AvgIpc) is 2.65. The summed E-state index contributed by atoms with van der Waals surface area (Å²) in [6, 6.07) is 9.39. The van der Waals surface area contributed by atoms with Crippen molar-refractivity contribution in [1.82, 2.24) is 0 Å². The number of carbonyl (C=O) groups excluding carboxylic acids is 1. The molecule has 0 atom stereocenters. The van der Waals surface area contributed by atoms with Crippen molar-refractivity contribution in [3.8, 4) is 0 Å². The van der Waals surface area contributed by atoms with Crippen molar-refractivity contribution in [3.05, 3.63) is 30.3 Å². The van der Waals surface area contributed by atoms with Gasteiger partial charge in [0.2, 0.25) is 5.91 Å². The van der Waals surface area contributed by atoms with Crippen molar-refractivity contribution in [1.29, 1.82) is 0 Å². The molecule has 110 valence electrons. The molecule has 1 aliphatic carbocycles. The first-order valence-corrected chi connectivity index (χ1v) is 7.40. The van der Waals surface area contributed by atoms with Crippen LogP contribution in [0.25, 0.3) is 0 Å². The average molecular weight is 276 g/mol. The summed E-state index contributed by atoms with van der Waals surface area (Å²) in [4.78, 5) is 11.7. The molecule has 0 aromatic heterocycles. The molecular weight excluding hydrogens is 252 g/mol. The molecule has 1 aromatic carbocycles. The van der Waals surface area contributed by atoms with E-state index in [9.17, 15) is 4.79 Å². The molecule has 1 saturated carbocycles. The van der Waals surface area contributed by atoms with Crippen molar-refractivity contribution in [2.45, 2.75) is 44.1 Å². The summed E-state index contributed by atoms with van der Waals surface area (Å²) in [5, 5.41) is 2.80. The van der Waals surface area contributed by atoms with E-state index in [1.54, 1.807) is 0 Å². The Morgan fingerprint density at radius 2 is 1.80 bits per heavy atom. The Kier molecular flexibility index (Phi) is 5.56. The summed E-state index contributed by atoms with van der Waals surface area (Å²) in [7, 11) is 0. The molecule has 1 aliphatic rings. The van der Waals surface area contributed by atoms with E-state index < -0.39 is 0 Å². The third-order valence-electron chi connectivity index (χ3n) is 3.78. The maximum atomic E-state index is 11.7. The minimum atomic E-state index is -0.247. The number of carbonyl (C=O) groups is 1. The van der Waals surface area contributed by atoms with Crippen LogP contribution in [-0.2, 0) is 9.53 Å². The topological polar surface area (TPSA) is 64.3 Å². The standard InChI is InChI=1S/C16H24N2O2/c17-16(10-6-1-2-7-11-16)13-20-12-15(19)18-14-8-4-3-5-9-14/h3-5,8-9H,1-2,6-7,10-13,17H2,(H,18,19). The molecule has 0 aliphatic heterocycles. The van der Waals surface area contributed by atoms with Gasteiger partial charge in [0.15, 0.2) is 0 Å². The third-order valence-corrected chi connectivity index (χ3v) is 3.78. The molecular formula is C16H24N2O2. The molecule has 0 bridgehead atoms. The van der Waals surface area contributed by atoms with Gasteiger partial charge in [-0.25, -0.2) is 0 Å². The van der Waals surface area contributed by atoms with Crippen molar-refractivity contribution in [2.24, 2.45) is 5.73 Å². The van der Waals surface area contributed by atoms with Crippen molar-refractivity contribution in [3.63, 3.8) is 0 Å². The largest absolute Gasteiger partial charge is 0.370 e. The molecule has 3 N–H and O–H groups in total. The first-order chi connectivity index (χ1) is 9.68. The lowest BCUT2D eigenvalue weighted by atomic mass is 9.93. The van der Waals surface area contributed by atoms with Crippen LogP contribution in [0.3, 0.4) is 0 Å². The van der Waals surface area contributed by atoms with Gasteiger partial charge in [0.1, 0.15) is 6.61 Å². The lowest BCUT2D eigenvalue weighted by Crippen LogP contribution is -2.44. The van der Waals surface area contributed by atoms with E-state index in [0.29, 0.717) is 6.61 Å². The van der Waals surface area contributed by atoms with Gasteiger partial charge < -0.3 is 15.8 Å². The molecule has 2 rings (SSSR count). The highest BCUT2D eigenvalue weighted by atomic mass is 16.5. The number of hydrogen-bond acceptors (Lipinski definition) is 3. The normalized spacial score (nSPS) is 18.2. The highest BCUT2D eigenvalue weighted by Crippen LogP contribution is 2.25.